The Morgan fingerprint density at radius 1 is 1.00 bits per heavy atom. The van der Waals surface area contributed by atoms with Crippen LogP contribution in [0.5, 0.6) is 0 Å². The van der Waals surface area contributed by atoms with E-state index in [0.717, 1.165) is 19.6 Å². The first-order valence-electron chi connectivity index (χ1n) is 5.17. The summed E-state index contributed by atoms with van der Waals surface area (Å²) >= 11 is 0. The van der Waals surface area contributed by atoms with Crippen LogP contribution in [0.25, 0.3) is 0 Å². The normalized spacial score (nSPS) is 21.2. The van der Waals surface area contributed by atoms with Gasteiger partial charge in [-0.15, -0.1) is 0 Å². The lowest BCUT2D eigenvalue weighted by molar-refractivity contribution is -0.149. The molecule has 0 aromatic carbocycles. The smallest absolute Gasteiger partial charge is 0.300 e. The fraction of sp³-hybridized carbons (Fsp3) is 0.900. The van der Waals surface area contributed by atoms with E-state index in [1.807, 2.05) is 13.8 Å². The van der Waals surface area contributed by atoms with E-state index in [-0.39, 0.29) is 0 Å². The number of halogens is 3. The molecule has 1 aliphatic heterocycles. The van der Waals surface area contributed by atoms with Gasteiger partial charge in [-0.05, 0) is 5.92 Å². The Hall–Kier alpha value is -0.290. The molecule has 0 aliphatic carbocycles. The molecule has 5 heteroatoms. The highest BCUT2D eigenvalue weighted by Crippen LogP contribution is 2.17. The molecule has 1 saturated heterocycles. The number of nitrogens with zero attached hydrogens (tertiary/aromatic N) is 2. The topological polar surface area (TPSA) is 6.48 Å². The van der Waals surface area contributed by atoms with Crippen molar-refractivity contribution in [2.24, 2.45) is 0 Å². The standard InChI is InChI=1S/C10H18F3N2/c1-9(2)7-14-3-5-15(6-4-14)8-10(11,12)13/h3-8H2,1-2H3. The van der Waals surface area contributed by atoms with E-state index in [9.17, 15) is 13.2 Å². The maximum Gasteiger partial charge on any atom is 0.401 e. The molecule has 15 heavy (non-hydrogen) atoms. The average molecular weight is 223 g/mol. The molecule has 1 fully saturated rings. The Balaban J connectivity index is 2.24. The van der Waals surface area contributed by atoms with Crippen LogP contribution in [0.1, 0.15) is 13.8 Å². The summed E-state index contributed by atoms with van der Waals surface area (Å²) in [6.45, 7) is 6.74. The van der Waals surface area contributed by atoms with Crippen LogP contribution < -0.4 is 0 Å². The van der Waals surface area contributed by atoms with Gasteiger partial charge in [0.05, 0.1) is 6.54 Å². The Morgan fingerprint density at radius 3 is 1.87 bits per heavy atom. The number of piperazine rings is 1. The molecular weight excluding hydrogens is 205 g/mol. The minimum atomic E-state index is -4.06. The lowest BCUT2D eigenvalue weighted by Gasteiger charge is -2.35. The number of hydrogen-bond acceptors (Lipinski definition) is 2. The number of alkyl halides is 3. The molecule has 0 amide bonds. The molecule has 0 atom stereocenters. The van der Waals surface area contributed by atoms with Gasteiger partial charge >= 0.3 is 6.18 Å². The summed E-state index contributed by atoms with van der Waals surface area (Å²) in [5.41, 5.74) is 0. The van der Waals surface area contributed by atoms with Gasteiger partial charge in [0.15, 0.2) is 0 Å². The van der Waals surface area contributed by atoms with Crippen molar-refractivity contribution in [1.82, 2.24) is 9.80 Å². The van der Waals surface area contributed by atoms with Gasteiger partial charge in [0.25, 0.3) is 0 Å². The van der Waals surface area contributed by atoms with Crippen molar-refractivity contribution in [3.05, 3.63) is 5.92 Å². The quantitative estimate of drug-likeness (QED) is 0.719. The second-order valence-electron chi connectivity index (χ2n) is 4.37. The van der Waals surface area contributed by atoms with Gasteiger partial charge in [0.1, 0.15) is 0 Å². The summed E-state index contributed by atoms with van der Waals surface area (Å²) in [7, 11) is 0. The molecule has 89 valence electrons. The summed E-state index contributed by atoms with van der Waals surface area (Å²) in [4.78, 5) is 3.67. The predicted octanol–water partition coefficient (Wildman–Crippen LogP) is 1.78. The highest BCUT2D eigenvalue weighted by molar-refractivity contribution is 4.84. The maximum absolute atomic E-state index is 12.1. The van der Waals surface area contributed by atoms with Crippen molar-refractivity contribution in [3.63, 3.8) is 0 Å². The van der Waals surface area contributed by atoms with E-state index in [0.29, 0.717) is 13.1 Å². The number of rotatable bonds is 3. The van der Waals surface area contributed by atoms with Crippen LogP contribution in [0.15, 0.2) is 0 Å². The van der Waals surface area contributed by atoms with Crippen LogP contribution in [0.3, 0.4) is 0 Å². The molecule has 1 radical (unpaired) electrons. The molecular formula is C10H18F3N2. The summed E-state index contributed by atoms with van der Waals surface area (Å²) in [6.07, 6.45) is -4.06. The van der Waals surface area contributed by atoms with Gasteiger partial charge in [0, 0.05) is 32.7 Å². The molecule has 1 aliphatic rings. The highest BCUT2D eigenvalue weighted by atomic mass is 19.4. The van der Waals surface area contributed by atoms with Gasteiger partial charge in [0.2, 0.25) is 0 Å². The second-order valence-corrected chi connectivity index (χ2v) is 4.37. The summed E-state index contributed by atoms with van der Waals surface area (Å²) in [5.74, 6) is 1.30. The molecule has 0 N–H and O–H groups in total. The van der Waals surface area contributed by atoms with Crippen molar-refractivity contribution < 1.29 is 13.2 Å². The Kier molecular flexibility index (Phi) is 4.40. The van der Waals surface area contributed by atoms with Crippen molar-refractivity contribution in [2.75, 3.05) is 39.3 Å². The van der Waals surface area contributed by atoms with Crippen LogP contribution >= 0.6 is 0 Å². The summed E-state index contributed by atoms with van der Waals surface area (Å²) < 4.78 is 36.3. The Bertz CT molecular complexity index is 184. The molecule has 0 aromatic heterocycles. The number of hydrogen-bond donors (Lipinski definition) is 0. The van der Waals surface area contributed by atoms with E-state index in [2.05, 4.69) is 4.90 Å². The van der Waals surface area contributed by atoms with Crippen LogP contribution in [0, 0.1) is 5.92 Å². The van der Waals surface area contributed by atoms with Gasteiger partial charge in [-0.25, -0.2) is 0 Å². The zero-order valence-electron chi connectivity index (χ0n) is 9.27. The molecule has 1 rings (SSSR count). The van der Waals surface area contributed by atoms with Crippen LogP contribution in [0.4, 0.5) is 13.2 Å². The summed E-state index contributed by atoms with van der Waals surface area (Å²) in [5, 5.41) is 0. The highest BCUT2D eigenvalue weighted by Gasteiger charge is 2.32. The van der Waals surface area contributed by atoms with Crippen molar-refractivity contribution in [2.45, 2.75) is 20.0 Å². The Morgan fingerprint density at radius 2 is 1.47 bits per heavy atom. The van der Waals surface area contributed by atoms with Crippen molar-refractivity contribution >= 4 is 0 Å². The monoisotopic (exact) mass is 223 g/mol. The zero-order valence-corrected chi connectivity index (χ0v) is 9.27. The first-order valence-corrected chi connectivity index (χ1v) is 5.17. The lowest BCUT2D eigenvalue weighted by Crippen LogP contribution is -2.49. The first-order chi connectivity index (χ1) is 6.87. The van der Waals surface area contributed by atoms with Crippen LogP contribution in [-0.4, -0.2) is 55.2 Å². The fourth-order valence-electron chi connectivity index (χ4n) is 1.81. The molecule has 2 nitrogen and oxygen atoms in total. The minimum Gasteiger partial charge on any atom is -0.300 e. The molecule has 0 spiro atoms. The molecule has 1 heterocycles. The maximum atomic E-state index is 12.1. The van der Waals surface area contributed by atoms with E-state index in [1.165, 1.54) is 10.8 Å². The molecule has 0 bridgehead atoms. The summed E-state index contributed by atoms with van der Waals surface area (Å²) in [6, 6.07) is 0. The molecule has 0 aromatic rings. The average Bonchev–Trinajstić information content (AvgIpc) is 2.05. The van der Waals surface area contributed by atoms with E-state index < -0.39 is 12.7 Å². The Labute approximate surface area is 89.0 Å². The predicted molar refractivity (Wildman–Crippen MR) is 53.5 cm³/mol. The van der Waals surface area contributed by atoms with E-state index in [4.69, 9.17) is 0 Å². The van der Waals surface area contributed by atoms with Gasteiger partial charge in [-0.2, -0.15) is 13.2 Å². The van der Waals surface area contributed by atoms with E-state index >= 15 is 0 Å². The lowest BCUT2D eigenvalue weighted by atomic mass is 10.2. The third-order valence-corrected chi connectivity index (χ3v) is 2.41. The van der Waals surface area contributed by atoms with Gasteiger partial charge < -0.3 is 4.90 Å². The third kappa shape index (κ3) is 5.37. The zero-order chi connectivity index (χ0) is 11.5. The molecule has 0 saturated carbocycles. The van der Waals surface area contributed by atoms with Gasteiger partial charge in [-0.3, -0.25) is 4.90 Å². The largest absolute Gasteiger partial charge is 0.401 e. The van der Waals surface area contributed by atoms with Crippen LogP contribution in [-0.2, 0) is 0 Å². The van der Waals surface area contributed by atoms with Crippen LogP contribution in [0.2, 0.25) is 0 Å². The second kappa shape index (κ2) is 5.16. The first kappa shape index (κ1) is 12.8. The molecule has 0 unspecified atom stereocenters. The van der Waals surface area contributed by atoms with Crippen molar-refractivity contribution in [3.8, 4) is 0 Å². The van der Waals surface area contributed by atoms with E-state index in [1.54, 1.807) is 0 Å². The van der Waals surface area contributed by atoms with Gasteiger partial charge in [-0.1, -0.05) is 13.8 Å². The fourth-order valence-corrected chi connectivity index (χ4v) is 1.81. The third-order valence-electron chi connectivity index (χ3n) is 2.41. The SMILES string of the molecule is C[C](C)CN1CCN(CC(F)(F)F)CC1. The van der Waals surface area contributed by atoms with Crippen molar-refractivity contribution in [1.29, 1.82) is 0 Å². The minimum absolute atomic E-state index is 0.521.